The average Bonchev–Trinajstić information content (AvgIpc) is 2.52. The third-order valence-corrected chi connectivity index (χ3v) is 5.78. The molecule has 2 aromatic rings. The van der Waals surface area contributed by atoms with E-state index in [4.69, 9.17) is 0 Å². The number of hydrogen-bond donors (Lipinski definition) is 0. The molecule has 0 radical (unpaired) electrons. The summed E-state index contributed by atoms with van der Waals surface area (Å²) in [6.07, 6.45) is 0.846. The minimum atomic E-state index is -0.0849. The maximum absolute atomic E-state index is 11.3. The van der Waals surface area contributed by atoms with Crippen molar-refractivity contribution in [3.63, 3.8) is 0 Å². The molecular weight excluding hydrogens is 371 g/mol. The fraction of sp³-hybridized carbons (Fsp3) is 0.316. The van der Waals surface area contributed by atoms with Gasteiger partial charge in [0.1, 0.15) is 5.78 Å². The van der Waals surface area contributed by atoms with Crippen LogP contribution in [0.4, 0.5) is 0 Å². The third-order valence-electron chi connectivity index (χ3n) is 3.10. The number of carbonyl (C=O) groups is 1. The van der Waals surface area contributed by atoms with Gasteiger partial charge in [-0.05, 0) is 43.2 Å². The van der Waals surface area contributed by atoms with E-state index in [2.05, 4.69) is 54.6 Å². The second-order valence-electron chi connectivity index (χ2n) is 4.73. The van der Waals surface area contributed by atoms with Crippen LogP contribution in [0, 0.1) is 13.1 Å². The lowest BCUT2D eigenvalue weighted by Crippen LogP contribution is -3.61. The predicted molar refractivity (Wildman–Crippen MR) is 85.2 cm³/mol. The van der Waals surface area contributed by atoms with E-state index in [-0.39, 0.29) is 32.9 Å². The summed E-state index contributed by atoms with van der Waals surface area (Å²) in [5.74, 6) is 0.385. The first-order valence-corrected chi connectivity index (χ1v) is 9.60. The van der Waals surface area contributed by atoms with E-state index >= 15 is 0 Å². The summed E-state index contributed by atoms with van der Waals surface area (Å²) in [5, 5.41) is 0. The quantitative estimate of drug-likeness (QED) is 0.704. The second kappa shape index (κ2) is 9.72. The minimum absolute atomic E-state index is 0.0849. The molecule has 0 fully saturated rings. The summed E-state index contributed by atoms with van der Waals surface area (Å²) in [6, 6.07) is 19.4. The fourth-order valence-corrected chi connectivity index (χ4v) is 4.00. The van der Waals surface area contributed by atoms with Crippen LogP contribution in [0.5, 0.6) is 0 Å². The predicted octanol–water partition coefficient (Wildman–Crippen LogP) is 1.61. The molecule has 1 nitrogen and oxygen atoms in total. The molecule has 2 rings (SSSR count). The Morgan fingerprint density at radius 2 is 1.48 bits per heavy atom. The van der Waals surface area contributed by atoms with E-state index in [9.17, 15) is 4.79 Å². The molecule has 0 saturated heterocycles. The Labute approximate surface area is 139 Å². The van der Waals surface area contributed by atoms with Gasteiger partial charge in [0.15, 0.2) is 7.14 Å². The minimum Gasteiger partial charge on any atom is -0.300 e. The number of ketones is 1. The Hall–Kier alpha value is -1.16. The average molecular weight is 395 g/mol. The Balaban J connectivity index is 0.00000106. The zero-order valence-corrected chi connectivity index (χ0v) is 15.4. The van der Waals surface area contributed by atoms with Crippen molar-refractivity contribution in [2.45, 2.75) is 34.1 Å². The van der Waals surface area contributed by atoms with Crippen LogP contribution in [-0.2, 0) is 11.2 Å². The lowest BCUT2D eigenvalue weighted by atomic mass is 9.98. The van der Waals surface area contributed by atoms with Crippen molar-refractivity contribution in [3.05, 3.63) is 67.3 Å². The molecule has 0 aromatic heterocycles. The van der Waals surface area contributed by atoms with Crippen LogP contribution >= 0.6 is 0 Å². The van der Waals surface area contributed by atoms with E-state index in [1.54, 1.807) is 6.92 Å². The topological polar surface area (TPSA) is 17.1 Å². The highest BCUT2D eigenvalue weighted by Gasteiger charge is 2.15. The van der Waals surface area contributed by atoms with E-state index in [1.165, 1.54) is 12.7 Å². The molecule has 0 saturated carbocycles. The van der Waals surface area contributed by atoms with Gasteiger partial charge in [-0.2, -0.15) is 0 Å². The smallest absolute Gasteiger partial charge is 0.300 e. The maximum Gasteiger partial charge on any atom is 0.357 e. The summed E-state index contributed by atoms with van der Waals surface area (Å²) in [7, 11) is 0. The highest BCUT2D eigenvalue weighted by molar-refractivity contribution is 5.78. The van der Waals surface area contributed by atoms with Gasteiger partial charge in [0.25, 0.3) is 0 Å². The molecule has 1 atom stereocenters. The number of hydrogen-bond acceptors (Lipinski definition) is 1. The summed E-state index contributed by atoms with van der Waals surface area (Å²) < 4.78 is 2.86. The van der Waals surface area contributed by atoms with Crippen LogP contribution in [0.1, 0.15) is 33.3 Å². The van der Waals surface area contributed by atoms with Crippen molar-refractivity contribution < 1.29 is 26.0 Å². The first-order chi connectivity index (χ1) is 10.1. The molecule has 0 spiro atoms. The van der Waals surface area contributed by atoms with Crippen molar-refractivity contribution in [1.82, 2.24) is 0 Å². The van der Waals surface area contributed by atoms with Gasteiger partial charge in [-0.3, -0.25) is 4.79 Å². The van der Waals surface area contributed by atoms with Crippen LogP contribution in [-0.4, -0.2) is 5.78 Å². The van der Waals surface area contributed by atoms with Gasteiger partial charge in [-0.15, -0.1) is 0 Å². The zero-order valence-electron chi connectivity index (χ0n) is 13.3. The molecule has 2 heteroatoms. The number of carbonyl (C=O) groups excluding carboxylic acids is 1. The number of benzene rings is 2. The van der Waals surface area contributed by atoms with Crippen LogP contribution < -0.4 is 21.2 Å². The molecule has 0 unspecified atom stereocenters. The van der Waals surface area contributed by atoms with Crippen molar-refractivity contribution >= 4 is 5.78 Å². The fourth-order valence-electron chi connectivity index (χ4n) is 1.78. The first kappa shape index (κ1) is 17.9. The van der Waals surface area contributed by atoms with Gasteiger partial charge < -0.3 is 0 Å². The largest absolute Gasteiger partial charge is 0.357 e. The van der Waals surface area contributed by atoms with E-state index in [0.717, 1.165) is 6.42 Å². The van der Waals surface area contributed by atoms with Crippen LogP contribution in [0.2, 0.25) is 0 Å². The molecular formula is C19H24IO+. The summed E-state index contributed by atoms with van der Waals surface area (Å²) in [4.78, 5) is 11.3. The Morgan fingerprint density at radius 3 is 2.00 bits per heavy atom. The summed E-state index contributed by atoms with van der Waals surface area (Å²) in [6.45, 7) is 7.66. The molecule has 0 amide bonds. The molecule has 0 aliphatic carbocycles. The SMILES string of the molecule is CC.CC(=O)[C@@H](C)Cc1ccc([I+]c2ccccc2)cc1. The normalized spacial score (nSPS) is 11.2. The third kappa shape index (κ3) is 6.42. The highest BCUT2D eigenvalue weighted by atomic mass is 127. The number of rotatable bonds is 5. The van der Waals surface area contributed by atoms with Crippen LogP contribution in [0.25, 0.3) is 0 Å². The lowest BCUT2D eigenvalue weighted by molar-refractivity contribution is -0.597. The molecule has 0 aliphatic heterocycles. The molecule has 0 aliphatic rings. The molecule has 2 aromatic carbocycles. The monoisotopic (exact) mass is 395 g/mol. The zero-order chi connectivity index (χ0) is 15.7. The van der Waals surface area contributed by atoms with Crippen molar-refractivity contribution in [3.8, 4) is 0 Å². The van der Waals surface area contributed by atoms with Crippen LogP contribution in [0.15, 0.2) is 54.6 Å². The Kier molecular flexibility index (Phi) is 8.28. The molecule has 0 bridgehead atoms. The van der Waals surface area contributed by atoms with Crippen molar-refractivity contribution in [2.24, 2.45) is 5.92 Å². The lowest BCUT2D eigenvalue weighted by Gasteiger charge is -2.06. The molecule has 21 heavy (non-hydrogen) atoms. The standard InChI is InChI=1S/C17H18IO.C2H6/c1-13(14(2)19)12-15-8-10-17(11-9-15)18-16-6-4-3-5-7-16;1-2/h3-11,13H,12H2,1-2H3;1-2H3/q+1;/t13-;/m0./s1. The van der Waals surface area contributed by atoms with Gasteiger partial charge in [0.05, 0.1) is 0 Å². The highest BCUT2D eigenvalue weighted by Crippen LogP contribution is 2.08. The van der Waals surface area contributed by atoms with Gasteiger partial charge in [-0.1, -0.05) is 51.1 Å². The van der Waals surface area contributed by atoms with E-state index in [1.807, 2.05) is 20.8 Å². The van der Waals surface area contributed by atoms with E-state index in [0.29, 0.717) is 0 Å². The summed E-state index contributed by atoms with van der Waals surface area (Å²) >= 11 is -0.0849. The van der Waals surface area contributed by atoms with Gasteiger partial charge in [-0.25, -0.2) is 0 Å². The van der Waals surface area contributed by atoms with Crippen molar-refractivity contribution in [1.29, 1.82) is 0 Å². The van der Waals surface area contributed by atoms with Crippen LogP contribution in [0.3, 0.4) is 0 Å². The molecule has 0 N–H and O–H groups in total. The van der Waals surface area contributed by atoms with Gasteiger partial charge in [0, 0.05) is 5.92 Å². The van der Waals surface area contributed by atoms with E-state index < -0.39 is 0 Å². The Morgan fingerprint density at radius 1 is 0.952 bits per heavy atom. The van der Waals surface area contributed by atoms with Gasteiger partial charge in [0.2, 0.25) is 0 Å². The Bertz CT molecular complexity index is 531. The number of Topliss-reactive ketones (excluding diaryl/α,β-unsaturated/α-hetero) is 1. The molecule has 0 heterocycles. The summed E-state index contributed by atoms with van der Waals surface area (Å²) in [5.41, 5.74) is 1.25. The van der Waals surface area contributed by atoms with Gasteiger partial charge >= 0.3 is 21.2 Å². The number of halogens is 1. The first-order valence-electron chi connectivity index (χ1n) is 7.44. The second-order valence-corrected chi connectivity index (χ2v) is 7.76. The van der Waals surface area contributed by atoms with Crippen molar-refractivity contribution in [2.75, 3.05) is 0 Å². The molecule has 112 valence electrons. The maximum atomic E-state index is 11.3.